The lowest BCUT2D eigenvalue weighted by Gasteiger charge is -2.09. The normalized spacial score (nSPS) is 11.9. The van der Waals surface area contributed by atoms with E-state index in [1.54, 1.807) is 19.2 Å². The zero-order valence-corrected chi connectivity index (χ0v) is 15.7. The van der Waals surface area contributed by atoms with Crippen LogP contribution in [0.3, 0.4) is 0 Å². The molecular weight excluding hydrogens is 407 g/mol. The summed E-state index contributed by atoms with van der Waals surface area (Å²) < 4.78 is 39.9. The number of imidazole rings is 1. The van der Waals surface area contributed by atoms with Crippen molar-refractivity contribution < 1.29 is 18.1 Å². The van der Waals surface area contributed by atoms with Crippen molar-refractivity contribution in [1.29, 1.82) is 0 Å². The average Bonchev–Trinajstić information content (AvgIpc) is 2.97. The number of anilines is 1. The van der Waals surface area contributed by atoms with Gasteiger partial charge in [-0.05, 0) is 31.2 Å². The molecule has 2 N–H and O–H groups in total. The van der Waals surface area contributed by atoms with Gasteiger partial charge in [0.25, 0.3) is 5.69 Å². The van der Waals surface area contributed by atoms with E-state index >= 15 is 0 Å². The summed E-state index contributed by atoms with van der Waals surface area (Å²) in [7, 11) is 0. The summed E-state index contributed by atoms with van der Waals surface area (Å²) in [6.45, 7) is 1.74. The summed E-state index contributed by atoms with van der Waals surface area (Å²) in [5, 5.41) is 15.6. The van der Waals surface area contributed by atoms with Crippen molar-refractivity contribution in [2.45, 2.75) is 22.9 Å². The van der Waals surface area contributed by atoms with Crippen LogP contribution in [0, 0.1) is 17.0 Å². The molecule has 7 nitrogen and oxygen atoms in total. The van der Waals surface area contributed by atoms with Crippen LogP contribution in [0.4, 0.5) is 24.8 Å². The SMILES string of the molecule is Cc1cn(N=Cc2ccc(Sc3cccc(C(F)(F)F)c3)c([N+](=O)[O-])c2)c(N)n1. The van der Waals surface area contributed by atoms with Crippen LogP contribution < -0.4 is 5.73 Å². The Morgan fingerprint density at radius 3 is 2.66 bits per heavy atom. The third-order valence-electron chi connectivity index (χ3n) is 3.73. The number of hydrogen-bond donors (Lipinski definition) is 1. The number of nitrogen functional groups attached to an aromatic ring is 1. The van der Waals surface area contributed by atoms with Gasteiger partial charge in [-0.3, -0.25) is 10.1 Å². The topological polar surface area (TPSA) is 99.3 Å². The van der Waals surface area contributed by atoms with Gasteiger partial charge in [-0.15, -0.1) is 0 Å². The molecule has 1 aromatic heterocycles. The Kier molecular flexibility index (Phi) is 5.59. The van der Waals surface area contributed by atoms with Gasteiger partial charge in [0.15, 0.2) is 0 Å². The van der Waals surface area contributed by atoms with E-state index in [-0.39, 0.29) is 21.4 Å². The number of nitro benzene ring substituents is 1. The Bertz CT molecular complexity index is 1100. The van der Waals surface area contributed by atoms with Crippen molar-refractivity contribution in [1.82, 2.24) is 9.66 Å². The van der Waals surface area contributed by atoms with E-state index in [2.05, 4.69) is 10.1 Å². The first kappa shape index (κ1) is 20.4. The molecule has 0 aliphatic rings. The van der Waals surface area contributed by atoms with Gasteiger partial charge in [0, 0.05) is 16.5 Å². The van der Waals surface area contributed by atoms with Gasteiger partial charge in [0.05, 0.1) is 33.5 Å². The number of aromatic nitrogens is 2. The van der Waals surface area contributed by atoms with Crippen molar-refractivity contribution in [3.8, 4) is 0 Å². The molecule has 0 aliphatic heterocycles. The van der Waals surface area contributed by atoms with E-state index in [0.717, 1.165) is 23.9 Å². The monoisotopic (exact) mass is 421 g/mol. The number of nitrogens with zero attached hydrogens (tertiary/aromatic N) is 4. The fourth-order valence-corrected chi connectivity index (χ4v) is 3.39. The summed E-state index contributed by atoms with van der Waals surface area (Å²) in [6.07, 6.45) is -1.52. The first-order valence-electron chi connectivity index (χ1n) is 8.13. The van der Waals surface area contributed by atoms with Gasteiger partial charge in [-0.2, -0.15) is 18.3 Å². The molecule has 150 valence electrons. The first-order chi connectivity index (χ1) is 13.6. The molecule has 0 saturated carbocycles. The second-order valence-electron chi connectivity index (χ2n) is 5.94. The Morgan fingerprint density at radius 2 is 2.03 bits per heavy atom. The van der Waals surface area contributed by atoms with Gasteiger partial charge in [0.1, 0.15) is 0 Å². The molecule has 2 aromatic carbocycles. The number of halogens is 3. The molecule has 29 heavy (non-hydrogen) atoms. The fourth-order valence-electron chi connectivity index (χ4n) is 2.43. The molecule has 0 saturated heterocycles. The highest BCUT2D eigenvalue weighted by Crippen LogP contribution is 2.38. The minimum absolute atomic E-state index is 0.171. The standard InChI is InChI=1S/C18H14F3N5O2S/c1-11-10-25(17(22)24-11)23-9-12-5-6-16(15(7-12)26(27)28)29-14-4-2-3-13(8-14)18(19,20)21/h2-10H,1H3,(H2,22,24). The number of rotatable bonds is 5. The van der Waals surface area contributed by atoms with Crippen LogP contribution in [0.15, 0.2) is 63.6 Å². The summed E-state index contributed by atoms with van der Waals surface area (Å²) in [6, 6.07) is 8.95. The van der Waals surface area contributed by atoms with Crippen LogP contribution in [-0.4, -0.2) is 20.8 Å². The highest BCUT2D eigenvalue weighted by Gasteiger charge is 2.30. The second-order valence-corrected chi connectivity index (χ2v) is 7.06. The number of aryl methyl sites for hydroxylation is 1. The van der Waals surface area contributed by atoms with Gasteiger partial charge >= 0.3 is 6.18 Å². The second kappa shape index (κ2) is 7.95. The zero-order chi connectivity index (χ0) is 21.2. The summed E-state index contributed by atoms with van der Waals surface area (Å²) in [5.74, 6) is 0.171. The third kappa shape index (κ3) is 4.93. The van der Waals surface area contributed by atoms with Crippen LogP contribution >= 0.6 is 11.8 Å². The van der Waals surface area contributed by atoms with Gasteiger partial charge in [0.2, 0.25) is 5.95 Å². The van der Waals surface area contributed by atoms with Gasteiger partial charge in [-0.25, -0.2) is 9.66 Å². The lowest BCUT2D eigenvalue weighted by atomic mass is 10.2. The Labute approximate surface area is 167 Å². The molecule has 0 bridgehead atoms. The van der Waals surface area contributed by atoms with E-state index in [0.29, 0.717) is 11.3 Å². The lowest BCUT2D eigenvalue weighted by Crippen LogP contribution is -2.04. The van der Waals surface area contributed by atoms with Gasteiger partial charge in [-0.1, -0.05) is 23.9 Å². The largest absolute Gasteiger partial charge is 0.416 e. The molecule has 0 unspecified atom stereocenters. The maximum absolute atomic E-state index is 12.9. The zero-order valence-electron chi connectivity index (χ0n) is 14.9. The maximum atomic E-state index is 12.9. The molecule has 0 aliphatic carbocycles. The highest BCUT2D eigenvalue weighted by molar-refractivity contribution is 7.99. The molecular formula is C18H14F3N5O2S. The first-order valence-corrected chi connectivity index (χ1v) is 8.94. The molecule has 3 rings (SSSR count). The Morgan fingerprint density at radius 1 is 1.28 bits per heavy atom. The molecule has 0 spiro atoms. The minimum atomic E-state index is -4.49. The molecule has 1 heterocycles. The van der Waals surface area contributed by atoms with E-state index in [4.69, 9.17) is 5.73 Å². The number of nitro groups is 1. The molecule has 0 atom stereocenters. The van der Waals surface area contributed by atoms with Crippen LogP contribution in [0.5, 0.6) is 0 Å². The lowest BCUT2D eigenvalue weighted by molar-refractivity contribution is -0.387. The van der Waals surface area contributed by atoms with Crippen molar-refractivity contribution in [2.75, 3.05) is 5.73 Å². The summed E-state index contributed by atoms with van der Waals surface area (Å²) >= 11 is 0.880. The maximum Gasteiger partial charge on any atom is 0.416 e. The van der Waals surface area contributed by atoms with E-state index in [1.165, 1.54) is 35.2 Å². The molecule has 11 heteroatoms. The number of alkyl halides is 3. The fraction of sp³-hybridized carbons (Fsp3) is 0.111. The molecule has 3 aromatic rings. The van der Waals surface area contributed by atoms with Crippen molar-refractivity contribution in [3.63, 3.8) is 0 Å². The van der Waals surface area contributed by atoms with Crippen molar-refractivity contribution >= 4 is 29.6 Å². The average molecular weight is 421 g/mol. The van der Waals surface area contributed by atoms with E-state index in [1.807, 2.05) is 0 Å². The van der Waals surface area contributed by atoms with Crippen molar-refractivity contribution in [3.05, 3.63) is 75.6 Å². The Hall–Kier alpha value is -3.34. The quantitative estimate of drug-likeness (QED) is 0.365. The summed E-state index contributed by atoms with van der Waals surface area (Å²) in [5.41, 5.74) is 5.71. The predicted molar refractivity (Wildman–Crippen MR) is 103 cm³/mol. The number of nitrogens with two attached hydrogens (primary N) is 1. The molecule has 0 radical (unpaired) electrons. The van der Waals surface area contributed by atoms with Crippen LogP contribution in [0.25, 0.3) is 0 Å². The number of benzene rings is 2. The smallest absolute Gasteiger partial charge is 0.368 e. The van der Waals surface area contributed by atoms with Crippen molar-refractivity contribution in [2.24, 2.45) is 5.10 Å². The highest BCUT2D eigenvalue weighted by atomic mass is 32.2. The summed E-state index contributed by atoms with van der Waals surface area (Å²) in [4.78, 5) is 15.3. The van der Waals surface area contributed by atoms with E-state index in [9.17, 15) is 23.3 Å². The van der Waals surface area contributed by atoms with Crippen LogP contribution in [0.1, 0.15) is 16.8 Å². The number of hydrogen-bond acceptors (Lipinski definition) is 6. The minimum Gasteiger partial charge on any atom is -0.368 e. The third-order valence-corrected chi connectivity index (χ3v) is 4.79. The van der Waals surface area contributed by atoms with E-state index < -0.39 is 16.7 Å². The predicted octanol–water partition coefficient (Wildman–Crippen LogP) is 4.73. The van der Waals surface area contributed by atoms with Crippen LogP contribution in [-0.2, 0) is 6.18 Å². The molecule has 0 amide bonds. The Balaban J connectivity index is 1.89. The molecule has 0 fully saturated rings. The van der Waals surface area contributed by atoms with Gasteiger partial charge < -0.3 is 5.73 Å². The van der Waals surface area contributed by atoms with Crippen LogP contribution in [0.2, 0.25) is 0 Å².